The van der Waals surface area contributed by atoms with Crippen LogP contribution < -0.4 is 0 Å². The van der Waals surface area contributed by atoms with E-state index in [0.29, 0.717) is 24.0 Å². The molecule has 4 rings (SSSR count). The minimum Gasteiger partial charge on any atom is -0.478 e. The molecule has 4 aromatic rings. The standard InChI is InChI=1S/C30H26O4/c1-19-9-11-27(29(31)32)25(13-19)17-21-5-3-7-23(15-21)24-8-4-6-22(16-24)18-26-14-20(2)10-12-28(26)30(33)34/h3-16H,17-18H2,1-2H3,(H,31,32)(H,33,34). The van der Waals surface area contributed by atoms with Crippen LogP contribution in [0.3, 0.4) is 0 Å². The minimum absolute atomic E-state index is 0.324. The fraction of sp³-hybridized carbons (Fsp3) is 0.133. The Bertz CT molecular complexity index is 1280. The van der Waals surface area contributed by atoms with Crippen LogP contribution in [0.15, 0.2) is 84.9 Å². The lowest BCUT2D eigenvalue weighted by atomic mass is 9.93. The van der Waals surface area contributed by atoms with Crippen LogP contribution in [0, 0.1) is 13.8 Å². The van der Waals surface area contributed by atoms with E-state index in [0.717, 1.165) is 44.5 Å². The topological polar surface area (TPSA) is 74.6 Å². The lowest BCUT2D eigenvalue weighted by molar-refractivity contribution is 0.0685. The van der Waals surface area contributed by atoms with Gasteiger partial charge in [-0.05, 0) is 72.2 Å². The SMILES string of the molecule is Cc1ccc(C(=O)O)c(Cc2cccc(-c3cccc(Cc4cc(C)ccc4C(=O)O)c3)c2)c1. The number of carboxylic acid groups (broad SMARTS) is 2. The number of rotatable bonds is 7. The Morgan fingerprint density at radius 1 is 0.588 bits per heavy atom. The van der Waals surface area contributed by atoms with Crippen molar-refractivity contribution in [1.82, 2.24) is 0 Å². The molecule has 0 amide bonds. The molecule has 4 nitrogen and oxygen atoms in total. The summed E-state index contributed by atoms with van der Waals surface area (Å²) in [6.07, 6.45) is 1.06. The maximum absolute atomic E-state index is 11.6. The average Bonchev–Trinajstić information content (AvgIpc) is 2.79. The summed E-state index contributed by atoms with van der Waals surface area (Å²) in [5.74, 6) is -1.84. The van der Waals surface area contributed by atoms with E-state index in [9.17, 15) is 19.8 Å². The van der Waals surface area contributed by atoms with E-state index in [4.69, 9.17) is 0 Å². The highest BCUT2D eigenvalue weighted by Crippen LogP contribution is 2.26. The molecule has 0 saturated heterocycles. The molecule has 0 fully saturated rings. The third-order valence-corrected chi connectivity index (χ3v) is 5.96. The van der Waals surface area contributed by atoms with Gasteiger partial charge in [0.25, 0.3) is 0 Å². The van der Waals surface area contributed by atoms with Crippen LogP contribution in [0.25, 0.3) is 11.1 Å². The van der Waals surface area contributed by atoms with Gasteiger partial charge in [-0.25, -0.2) is 9.59 Å². The average molecular weight is 451 g/mol. The van der Waals surface area contributed by atoms with Crippen molar-refractivity contribution in [3.05, 3.63) is 129 Å². The summed E-state index contributed by atoms with van der Waals surface area (Å²) in [6.45, 7) is 3.92. The third-order valence-electron chi connectivity index (χ3n) is 5.96. The van der Waals surface area contributed by atoms with E-state index in [-0.39, 0.29) is 0 Å². The summed E-state index contributed by atoms with van der Waals surface area (Å²) >= 11 is 0. The quantitative estimate of drug-likeness (QED) is 0.335. The van der Waals surface area contributed by atoms with E-state index >= 15 is 0 Å². The normalized spacial score (nSPS) is 10.8. The predicted octanol–water partition coefficient (Wildman–Crippen LogP) is 6.55. The van der Waals surface area contributed by atoms with Gasteiger partial charge >= 0.3 is 11.9 Å². The number of carbonyl (C=O) groups is 2. The second-order valence-corrected chi connectivity index (χ2v) is 8.69. The van der Waals surface area contributed by atoms with Crippen LogP contribution in [-0.2, 0) is 12.8 Å². The fourth-order valence-electron chi connectivity index (χ4n) is 4.32. The van der Waals surface area contributed by atoms with Crippen LogP contribution in [0.1, 0.15) is 54.1 Å². The molecule has 0 spiro atoms. The van der Waals surface area contributed by atoms with E-state index < -0.39 is 11.9 Å². The predicted molar refractivity (Wildman–Crippen MR) is 134 cm³/mol. The van der Waals surface area contributed by atoms with Crippen LogP contribution >= 0.6 is 0 Å². The molecule has 0 aliphatic rings. The number of hydrogen-bond donors (Lipinski definition) is 2. The van der Waals surface area contributed by atoms with Gasteiger partial charge in [0.1, 0.15) is 0 Å². The van der Waals surface area contributed by atoms with Gasteiger partial charge in [0.15, 0.2) is 0 Å². The smallest absolute Gasteiger partial charge is 0.335 e. The van der Waals surface area contributed by atoms with Gasteiger partial charge in [-0.15, -0.1) is 0 Å². The van der Waals surface area contributed by atoms with Crippen molar-refractivity contribution < 1.29 is 19.8 Å². The van der Waals surface area contributed by atoms with Gasteiger partial charge in [0.2, 0.25) is 0 Å². The summed E-state index contributed by atoms with van der Waals surface area (Å²) in [7, 11) is 0. The fourth-order valence-corrected chi connectivity index (χ4v) is 4.32. The first-order valence-corrected chi connectivity index (χ1v) is 11.1. The Balaban J connectivity index is 1.63. The van der Waals surface area contributed by atoms with Crippen molar-refractivity contribution in [3.63, 3.8) is 0 Å². The van der Waals surface area contributed by atoms with Gasteiger partial charge in [0.05, 0.1) is 11.1 Å². The Labute approximate surface area is 199 Å². The monoisotopic (exact) mass is 450 g/mol. The van der Waals surface area contributed by atoms with Gasteiger partial charge in [0, 0.05) is 0 Å². The van der Waals surface area contributed by atoms with Crippen LogP contribution in [0.4, 0.5) is 0 Å². The Kier molecular flexibility index (Phi) is 6.60. The molecule has 0 bridgehead atoms. The summed E-state index contributed by atoms with van der Waals surface area (Å²) in [5, 5.41) is 19.1. The third kappa shape index (κ3) is 5.24. The number of hydrogen-bond acceptors (Lipinski definition) is 2. The molecule has 0 heterocycles. The second-order valence-electron chi connectivity index (χ2n) is 8.69. The molecule has 4 heteroatoms. The van der Waals surface area contributed by atoms with E-state index in [1.165, 1.54) is 0 Å². The van der Waals surface area contributed by atoms with Crippen molar-refractivity contribution in [2.24, 2.45) is 0 Å². The number of benzene rings is 4. The molecule has 0 radical (unpaired) electrons. The molecular weight excluding hydrogens is 424 g/mol. The van der Waals surface area contributed by atoms with Gasteiger partial charge in [-0.2, -0.15) is 0 Å². The minimum atomic E-state index is -0.921. The zero-order valence-electron chi connectivity index (χ0n) is 19.2. The molecule has 0 unspecified atom stereocenters. The first-order chi connectivity index (χ1) is 16.3. The zero-order chi connectivity index (χ0) is 24.2. The van der Waals surface area contributed by atoms with Crippen molar-refractivity contribution >= 4 is 11.9 Å². The zero-order valence-corrected chi connectivity index (χ0v) is 19.2. The van der Waals surface area contributed by atoms with Crippen molar-refractivity contribution in [3.8, 4) is 11.1 Å². The Morgan fingerprint density at radius 2 is 1.00 bits per heavy atom. The Morgan fingerprint density at radius 3 is 1.38 bits per heavy atom. The number of carboxylic acids is 2. The van der Waals surface area contributed by atoms with Gasteiger partial charge in [-0.1, -0.05) is 83.9 Å². The maximum Gasteiger partial charge on any atom is 0.335 e. The molecule has 4 aromatic carbocycles. The molecule has 34 heavy (non-hydrogen) atoms. The summed E-state index contributed by atoms with van der Waals surface area (Å²) in [6, 6.07) is 27.0. The maximum atomic E-state index is 11.6. The molecule has 0 aliphatic heterocycles. The lowest BCUT2D eigenvalue weighted by Crippen LogP contribution is -2.04. The highest BCUT2D eigenvalue weighted by atomic mass is 16.4. The summed E-state index contributed by atoms with van der Waals surface area (Å²) < 4.78 is 0. The number of aryl methyl sites for hydroxylation is 2. The van der Waals surface area contributed by atoms with Crippen LogP contribution in [-0.4, -0.2) is 22.2 Å². The highest BCUT2D eigenvalue weighted by Gasteiger charge is 2.13. The number of aromatic carboxylic acids is 2. The van der Waals surface area contributed by atoms with Crippen LogP contribution in [0.2, 0.25) is 0 Å². The Hall–Kier alpha value is -4.18. The summed E-state index contributed by atoms with van der Waals surface area (Å²) in [5.41, 5.74) is 8.42. The molecular formula is C30H26O4. The molecule has 0 saturated carbocycles. The molecule has 170 valence electrons. The molecule has 0 aliphatic carbocycles. The second kappa shape index (κ2) is 9.75. The van der Waals surface area contributed by atoms with Crippen LogP contribution in [0.5, 0.6) is 0 Å². The van der Waals surface area contributed by atoms with E-state index in [1.807, 2.05) is 74.5 Å². The largest absolute Gasteiger partial charge is 0.478 e. The lowest BCUT2D eigenvalue weighted by Gasteiger charge is -2.11. The van der Waals surface area contributed by atoms with Crippen molar-refractivity contribution in [1.29, 1.82) is 0 Å². The van der Waals surface area contributed by atoms with E-state index in [2.05, 4.69) is 12.1 Å². The van der Waals surface area contributed by atoms with Crippen molar-refractivity contribution in [2.45, 2.75) is 26.7 Å². The first-order valence-electron chi connectivity index (χ1n) is 11.1. The first kappa shape index (κ1) is 23.0. The van der Waals surface area contributed by atoms with Crippen molar-refractivity contribution in [2.75, 3.05) is 0 Å². The molecule has 0 atom stereocenters. The van der Waals surface area contributed by atoms with Gasteiger partial charge < -0.3 is 10.2 Å². The summed E-state index contributed by atoms with van der Waals surface area (Å²) in [4.78, 5) is 23.3. The highest BCUT2D eigenvalue weighted by molar-refractivity contribution is 5.90. The molecule has 2 N–H and O–H groups in total. The molecule has 0 aromatic heterocycles. The van der Waals surface area contributed by atoms with Gasteiger partial charge in [-0.3, -0.25) is 0 Å². The van der Waals surface area contributed by atoms with E-state index in [1.54, 1.807) is 12.1 Å².